The fourth-order valence-corrected chi connectivity index (χ4v) is 2.99. The minimum absolute atomic E-state index is 0.149. The van der Waals surface area contributed by atoms with Crippen molar-refractivity contribution in [3.63, 3.8) is 0 Å². The summed E-state index contributed by atoms with van der Waals surface area (Å²) in [5.41, 5.74) is 0. The van der Waals surface area contributed by atoms with Crippen molar-refractivity contribution < 1.29 is 9.84 Å². The third-order valence-electron chi connectivity index (χ3n) is 4.16. The lowest BCUT2D eigenvalue weighted by Gasteiger charge is -2.16. The number of aryl methyl sites for hydroxylation is 1. The van der Waals surface area contributed by atoms with Crippen LogP contribution in [-0.4, -0.2) is 45.0 Å². The molecule has 3 rings (SSSR count). The average molecular weight is 303 g/mol. The SMILES string of the molecule is COc1cccnc1NC[C@H]1C[C@H](c2n[nH]c(C)n2)C[C@H]1O. The van der Waals surface area contributed by atoms with E-state index < -0.39 is 0 Å². The first-order chi connectivity index (χ1) is 10.7. The number of nitrogens with one attached hydrogen (secondary N) is 2. The Kier molecular flexibility index (Phi) is 4.24. The zero-order chi connectivity index (χ0) is 15.5. The number of H-pyrrole nitrogens is 1. The van der Waals surface area contributed by atoms with Gasteiger partial charge >= 0.3 is 0 Å². The molecule has 7 heteroatoms. The molecule has 7 nitrogen and oxygen atoms in total. The highest BCUT2D eigenvalue weighted by molar-refractivity contribution is 5.49. The number of hydrogen-bond acceptors (Lipinski definition) is 6. The molecule has 3 atom stereocenters. The van der Waals surface area contributed by atoms with Crippen LogP contribution >= 0.6 is 0 Å². The monoisotopic (exact) mass is 303 g/mol. The summed E-state index contributed by atoms with van der Waals surface area (Å²) in [5, 5.41) is 20.6. The summed E-state index contributed by atoms with van der Waals surface area (Å²) < 4.78 is 5.27. The number of rotatable bonds is 5. The Bertz CT molecular complexity index is 630. The van der Waals surface area contributed by atoms with Gasteiger partial charge in [-0.3, -0.25) is 5.10 Å². The Morgan fingerprint density at radius 3 is 3.05 bits per heavy atom. The van der Waals surface area contributed by atoms with Crippen LogP contribution in [0.2, 0.25) is 0 Å². The van der Waals surface area contributed by atoms with Gasteiger partial charge in [0.05, 0.1) is 13.2 Å². The predicted octanol–water partition coefficient (Wildman–Crippen LogP) is 1.48. The second-order valence-corrected chi connectivity index (χ2v) is 5.71. The Labute approximate surface area is 129 Å². The van der Waals surface area contributed by atoms with E-state index in [-0.39, 0.29) is 17.9 Å². The van der Waals surface area contributed by atoms with E-state index in [1.165, 1.54) is 0 Å². The molecule has 0 saturated heterocycles. The number of pyridine rings is 1. The molecule has 3 N–H and O–H groups in total. The van der Waals surface area contributed by atoms with E-state index >= 15 is 0 Å². The highest BCUT2D eigenvalue weighted by atomic mass is 16.5. The lowest BCUT2D eigenvalue weighted by molar-refractivity contribution is 0.137. The number of aliphatic hydroxyl groups is 1. The molecule has 1 aliphatic carbocycles. The second-order valence-electron chi connectivity index (χ2n) is 5.71. The maximum atomic E-state index is 10.3. The van der Waals surface area contributed by atoms with Gasteiger partial charge < -0.3 is 15.2 Å². The van der Waals surface area contributed by atoms with Gasteiger partial charge in [0.25, 0.3) is 0 Å². The van der Waals surface area contributed by atoms with E-state index in [2.05, 4.69) is 25.5 Å². The van der Waals surface area contributed by atoms with Gasteiger partial charge in [0.1, 0.15) is 5.82 Å². The van der Waals surface area contributed by atoms with Crippen molar-refractivity contribution in [2.24, 2.45) is 5.92 Å². The van der Waals surface area contributed by atoms with Gasteiger partial charge in [-0.05, 0) is 31.9 Å². The van der Waals surface area contributed by atoms with Crippen molar-refractivity contribution in [2.45, 2.75) is 31.8 Å². The summed E-state index contributed by atoms with van der Waals surface area (Å²) in [5.74, 6) is 3.37. The van der Waals surface area contributed by atoms with E-state index in [9.17, 15) is 5.11 Å². The number of aliphatic hydroxyl groups excluding tert-OH is 1. The van der Waals surface area contributed by atoms with Gasteiger partial charge in [-0.15, -0.1) is 0 Å². The van der Waals surface area contributed by atoms with Gasteiger partial charge in [0.15, 0.2) is 17.4 Å². The standard InChI is InChI=1S/C15H21N5O2/c1-9-18-14(20-19-9)10-6-11(12(21)7-10)8-17-15-13(22-2)4-3-5-16-15/h3-5,10-12,21H,6-8H2,1-2H3,(H,16,17)(H,18,19,20)/t10-,11+,12+/m0/s1. The normalized spacial score (nSPS) is 24.4. The minimum atomic E-state index is -0.356. The smallest absolute Gasteiger partial charge is 0.168 e. The van der Waals surface area contributed by atoms with Crippen LogP contribution in [-0.2, 0) is 0 Å². The maximum absolute atomic E-state index is 10.3. The van der Waals surface area contributed by atoms with E-state index in [0.717, 1.165) is 18.1 Å². The second kappa shape index (κ2) is 6.31. The van der Waals surface area contributed by atoms with Crippen LogP contribution < -0.4 is 10.1 Å². The summed E-state index contributed by atoms with van der Waals surface area (Å²) in [7, 11) is 1.62. The third-order valence-corrected chi connectivity index (χ3v) is 4.16. The molecule has 0 unspecified atom stereocenters. The molecule has 1 fully saturated rings. The van der Waals surface area contributed by atoms with E-state index in [0.29, 0.717) is 24.5 Å². The number of ether oxygens (including phenoxy) is 1. The summed E-state index contributed by atoms with van der Waals surface area (Å²) in [6.07, 6.45) is 2.92. The molecule has 1 saturated carbocycles. The zero-order valence-corrected chi connectivity index (χ0v) is 12.8. The molecule has 0 aromatic carbocycles. The zero-order valence-electron chi connectivity index (χ0n) is 12.8. The Balaban J connectivity index is 1.61. The highest BCUT2D eigenvalue weighted by Crippen LogP contribution is 2.37. The van der Waals surface area contributed by atoms with Crippen LogP contribution in [0.5, 0.6) is 5.75 Å². The van der Waals surface area contributed by atoms with Crippen LogP contribution in [0, 0.1) is 12.8 Å². The Hall–Kier alpha value is -2.15. The van der Waals surface area contributed by atoms with Crippen molar-refractivity contribution >= 4 is 5.82 Å². The van der Waals surface area contributed by atoms with Crippen molar-refractivity contribution in [1.82, 2.24) is 20.2 Å². The van der Waals surface area contributed by atoms with Crippen molar-refractivity contribution in [1.29, 1.82) is 0 Å². The van der Waals surface area contributed by atoms with E-state index in [4.69, 9.17) is 4.74 Å². The minimum Gasteiger partial charge on any atom is -0.493 e. The number of methoxy groups -OCH3 is 1. The fraction of sp³-hybridized carbons (Fsp3) is 0.533. The molecule has 0 spiro atoms. The van der Waals surface area contributed by atoms with Crippen LogP contribution in [0.15, 0.2) is 18.3 Å². The van der Waals surface area contributed by atoms with Gasteiger partial charge in [-0.1, -0.05) is 0 Å². The highest BCUT2D eigenvalue weighted by Gasteiger charge is 2.35. The first-order valence-electron chi connectivity index (χ1n) is 7.47. The largest absolute Gasteiger partial charge is 0.493 e. The summed E-state index contributed by atoms with van der Waals surface area (Å²) in [6, 6.07) is 3.69. The molecule has 2 aromatic rings. The lowest BCUT2D eigenvalue weighted by Crippen LogP contribution is -2.22. The number of aromatic amines is 1. The lowest BCUT2D eigenvalue weighted by atomic mass is 10.0. The van der Waals surface area contributed by atoms with Gasteiger partial charge in [0.2, 0.25) is 0 Å². The molecule has 0 radical (unpaired) electrons. The molecule has 0 bridgehead atoms. The first kappa shape index (κ1) is 14.8. The predicted molar refractivity (Wildman–Crippen MR) is 81.9 cm³/mol. The van der Waals surface area contributed by atoms with E-state index in [1.54, 1.807) is 13.3 Å². The molecular weight excluding hydrogens is 282 g/mol. The third kappa shape index (κ3) is 3.04. The molecule has 2 aromatic heterocycles. The van der Waals surface area contributed by atoms with Gasteiger partial charge in [-0.2, -0.15) is 5.10 Å². The van der Waals surface area contributed by atoms with Crippen molar-refractivity contribution in [2.75, 3.05) is 19.0 Å². The van der Waals surface area contributed by atoms with E-state index in [1.807, 2.05) is 19.1 Å². The average Bonchev–Trinajstić information content (AvgIpc) is 3.11. The molecule has 2 heterocycles. The van der Waals surface area contributed by atoms with Crippen LogP contribution in [0.4, 0.5) is 5.82 Å². The summed E-state index contributed by atoms with van der Waals surface area (Å²) in [4.78, 5) is 8.65. The van der Waals surface area contributed by atoms with Crippen molar-refractivity contribution in [3.05, 3.63) is 30.0 Å². The van der Waals surface area contributed by atoms with Crippen LogP contribution in [0.25, 0.3) is 0 Å². The molecule has 0 aliphatic heterocycles. The number of hydrogen-bond donors (Lipinski definition) is 3. The quantitative estimate of drug-likeness (QED) is 0.774. The molecule has 22 heavy (non-hydrogen) atoms. The van der Waals surface area contributed by atoms with Crippen molar-refractivity contribution in [3.8, 4) is 5.75 Å². The van der Waals surface area contributed by atoms with Crippen LogP contribution in [0.1, 0.15) is 30.4 Å². The topological polar surface area (TPSA) is 96.0 Å². The fourth-order valence-electron chi connectivity index (χ4n) is 2.99. The van der Waals surface area contributed by atoms with Crippen LogP contribution in [0.3, 0.4) is 0 Å². The summed E-state index contributed by atoms with van der Waals surface area (Å²) in [6.45, 7) is 2.53. The number of anilines is 1. The Morgan fingerprint density at radius 1 is 1.45 bits per heavy atom. The molecule has 118 valence electrons. The first-order valence-corrected chi connectivity index (χ1v) is 7.47. The van der Waals surface area contributed by atoms with Gasteiger partial charge in [0, 0.05) is 24.6 Å². The summed E-state index contributed by atoms with van der Waals surface area (Å²) >= 11 is 0. The molecular formula is C15H21N5O2. The maximum Gasteiger partial charge on any atom is 0.168 e. The molecule has 1 aliphatic rings. The number of nitrogens with zero attached hydrogens (tertiary/aromatic N) is 3. The molecule has 0 amide bonds. The number of aromatic nitrogens is 4. The Morgan fingerprint density at radius 2 is 2.32 bits per heavy atom. The van der Waals surface area contributed by atoms with Gasteiger partial charge in [-0.25, -0.2) is 9.97 Å².